The van der Waals surface area contributed by atoms with Crippen molar-refractivity contribution in [2.24, 2.45) is 0 Å². The zero-order chi connectivity index (χ0) is 18.2. The molecule has 0 heterocycles. The van der Waals surface area contributed by atoms with Crippen LogP contribution in [0.1, 0.15) is 20.7 Å². The number of aliphatic hydroxyl groups excluding tert-OH is 1. The molecule has 0 fully saturated rings. The average molecular weight is 344 g/mol. The van der Waals surface area contributed by atoms with Crippen molar-refractivity contribution >= 4 is 17.9 Å². The molecular weight excluding hydrogens is 328 g/mol. The summed E-state index contributed by atoms with van der Waals surface area (Å²) in [6.45, 7) is -0.822. The number of aliphatic hydroxyl groups is 1. The van der Waals surface area contributed by atoms with Gasteiger partial charge in [0.1, 0.15) is 0 Å². The van der Waals surface area contributed by atoms with Gasteiger partial charge in [-0.15, -0.1) is 0 Å². The van der Waals surface area contributed by atoms with Crippen molar-refractivity contribution in [3.8, 4) is 0 Å². The van der Waals surface area contributed by atoms with Crippen molar-refractivity contribution < 1.29 is 34.1 Å². The maximum absolute atomic E-state index is 12.0. The normalized spacial score (nSPS) is 12.7. The van der Waals surface area contributed by atoms with Crippen LogP contribution in [0.4, 0.5) is 0 Å². The zero-order valence-electron chi connectivity index (χ0n) is 13.1. The zero-order valence-corrected chi connectivity index (χ0v) is 13.1. The van der Waals surface area contributed by atoms with Gasteiger partial charge in [0.25, 0.3) is 0 Å². The maximum Gasteiger partial charge on any atom is 0.349 e. The van der Waals surface area contributed by atoms with Gasteiger partial charge in [-0.3, -0.25) is 0 Å². The molecule has 0 aliphatic heterocycles. The van der Waals surface area contributed by atoms with E-state index in [9.17, 15) is 24.6 Å². The number of carboxylic acids is 1. The number of hydrogen-bond acceptors (Lipinski definition) is 6. The third-order valence-corrected chi connectivity index (χ3v) is 3.27. The molecule has 2 unspecified atom stereocenters. The van der Waals surface area contributed by atoms with Crippen LogP contribution in [0, 0.1) is 0 Å². The largest absolute Gasteiger partial charge is 0.478 e. The Labute approximate surface area is 143 Å². The molecule has 7 heteroatoms. The summed E-state index contributed by atoms with van der Waals surface area (Å²) in [5, 5.41) is 18.7. The quantitative estimate of drug-likeness (QED) is 0.733. The molecule has 0 amide bonds. The second kappa shape index (κ2) is 8.60. The number of esters is 2. The molecule has 0 radical (unpaired) electrons. The Morgan fingerprint density at radius 1 is 0.800 bits per heavy atom. The van der Waals surface area contributed by atoms with E-state index in [0.717, 1.165) is 0 Å². The molecule has 0 aromatic heterocycles. The third-order valence-electron chi connectivity index (χ3n) is 3.27. The average Bonchev–Trinajstić information content (AvgIpc) is 2.65. The molecule has 0 bridgehead atoms. The van der Waals surface area contributed by atoms with Crippen molar-refractivity contribution in [1.82, 2.24) is 0 Å². The van der Waals surface area contributed by atoms with Gasteiger partial charge < -0.3 is 19.7 Å². The van der Waals surface area contributed by atoms with Gasteiger partial charge in [0, 0.05) is 0 Å². The fourth-order valence-corrected chi connectivity index (χ4v) is 2.02. The fraction of sp³-hybridized carbons (Fsp3) is 0.167. The van der Waals surface area contributed by atoms with Crippen LogP contribution in [0.15, 0.2) is 60.7 Å². The standard InChI is InChI=1S/C18H16O7/c19-11-14(24-17(22)12-7-3-1-4-8-12)15(16(20)21)25-18(23)13-9-5-2-6-10-13/h1-10,14-15,19H,11H2,(H,20,21). The molecule has 7 nitrogen and oxygen atoms in total. The molecule has 2 N–H and O–H groups in total. The molecule has 2 aromatic rings. The number of carbonyl (C=O) groups is 3. The van der Waals surface area contributed by atoms with E-state index in [-0.39, 0.29) is 11.1 Å². The summed E-state index contributed by atoms with van der Waals surface area (Å²) in [5.41, 5.74) is 0.319. The Kier molecular flexibility index (Phi) is 6.25. The van der Waals surface area contributed by atoms with Gasteiger partial charge in [-0.05, 0) is 24.3 Å². The summed E-state index contributed by atoms with van der Waals surface area (Å²) in [6, 6.07) is 15.6. The minimum absolute atomic E-state index is 0.139. The minimum Gasteiger partial charge on any atom is -0.478 e. The number of carbonyl (C=O) groups excluding carboxylic acids is 2. The molecule has 0 saturated heterocycles. The van der Waals surface area contributed by atoms with Gasteiger partial charge in [-0.25, -0.2) is 14.4 Å². The van der Waals surface area contributed by atoms with Gasteiger partial charge in [0.2, 0.25) is 6.10 Å². The lowest BCUT2D eigenvalue weighted by atomic mass is 10.2. The maximum atomic E-state index is 12.0. The first-order valence-electron chi connectivity index (χ1n) is 7.38. The van der Waals surface area contributed by atoms with Gasteiger partial charge in [0.05, 0.1) is 17.7 Å². The minimum atomic E-state index is -1.84. The van der Waals surface area contributed by atoms with E-state index < -0.39 is 36.7 Å². The van der Waals surface area contributed by atoms with Crippen molar-refractivity contribution in [3.63, 3.8) is 0 Å². The second-order valence-corrected chi connectivity index (χ2v) is 5.02. The molecular formula is C18H16O7. The Morgan fingerprint density at radius 3 is 1.64 bits per heavy atom. The first-order valence-corrected chi connectivity index (χ1v) is 7.38. The van der Waals surface area contributed by atoms with Crippen LogP contribution in [0.5, 0.6) is 0 Å². The monoisotopic (exact) mass is 344 g/mol. The van der Waals surface area contributed by atoms with Crippen LogP contribution in [0.3, 0.4) is 0 Å². The summed E-state index contributed by atoms with van der Waals surface area (Å²) in [7, 11) is 0. The molecule has 25 heavy (non-hydrogen) atoms. The Balaban J connectivity index is 2.12. The molecule has 2 rings (SSSR count). The lowest BCUT2D eigenvalue weighted by Gasteiger charge is -2.22. The van der Waals surface area contributed by atoms with E-state index in [4.69, 9.17) is 9.47 Å². The summed E-state index contributed by atoms with van der Waals surface area (Å²) in [5.74, 6) is -3.27. The molecule has 0 spiro atoms. The highest BCUT2D eigenvalue weighted by molar-refractivity contribution is 5.92. The molecule has 2 aromatic carbocycles. The van der Waals surface area contributed by atoms with Crippen molar-refractivity contribution in [2.75, 3.05) is 6.61 Å². The van der Waals surface area contributed by atoms with Crippen LogP contribution in [0.25, 0.3) is 0 Å². The first kappa shape index (κ1) is 18.2. The van der Waals surface area contributed by atoms with E-state index in [1.165, 1.54) is 24.3 Å². The summed E-state index contributed by atoms with van der Waals surface area (Å²) >= 11 is 0. The van der Waals surface area contributed by atoms with E-state index >= 15 is 0 Å². The number of hydrogen-bond donors (Lipinski definition) is 2. The van der Waals surface area contributed by atoms with Gasteiger partial charge in [0.15, 0.2) is 6.10 Å². The van der Waals surface area contributed by atoms with E-state index in [0.29, 0.717) is 0 Å². The predicted octanol–water partition coefficient (Wildman–Crippen LogP) is 1.51. The molecule has 0 aliphatic rings. The highest BCUT2D eigenvalue weighted by atomic mass is 16.6. The predicted molar refractivity (Wildman–Crippen MR) is 86.0 cm³/mol. The lowest BCUT2D eigenvalue weighted by Crippen LogP contribution is -2.43. The van der Waals surface area contributed by atoms with Crippen LogP contribution >= 0.6 is 0 Å². The van der Waals surface area contributed by atoms with Crippen molar-refractivity contribution in [3.05, 3.63) is 71.8 Å². The first-order chi connectivity index (χ1) is 12.0. The van der Waals surface area contributed by atoms with Crippen molar-refractivity contribution in [1.29, 1.82) is 0 Å². The van der Waals surface area contributed by atoms with E-state index in [2.05, 4.69) is 0 Å². The third kappa shape index (κ3) is 4.89. The smallest absolute Gasteiger partial charge is 0.349 e. The highest BCUT2D eigenvalue weighted by Crippen LogP contribution is 2.12. The Morgan fingerprint density at radius 2 is 1.24 bits per heavy atom. The number of carboxylic acid groups (broad SMARTS) is 1. The number of rotatable bonds is 7. The summed E-state index contributed by atoms with van der Waals surface area (Å²) in [6.07, 6.45) is -3.39. The molecule has 0 aliphatic carbocycles. The van der Waals surface area contributed by atoms with Gasteiger partial charge in [-0.2, -0.15) is 0 Å². The van der Waals surface area contributed by atoms with E-state index in [1.54, 1.807) is 36.4 Å². The number of benzene rings is 2. The summed E-state index contributed by atoms with van der Waals surface area (Å²) in [4.78, 5) is 35.5. The number of aliphatic carboxylic acids is 1. The van der Waals surface area contributed by atoms with Crippen molar-refractivity contribution in [2.45, 2.75) is 12.2 Å². The van der Waals surface area contributed by atoms with Crippen LogP contribution in [0.2, 0.25) is 0 Å². The lowest BCUT2D eigenvalue weighted by molar-refractivity contribution is -0.155. The molecule has 2 atom stereocenters. The van der Waals surface area contributed by atoms with Crippen LogP contribution < -0.4 is 0 Å². The van der Waals surface area contributed by atoms with Gasteiger partial charge >= 0.3 is 17.9 Å². The fourth-order valence-electron chi connectivity index (χ4n) is 2.02. The van der Waals surface area contributed by atoms with E-state index in [1.807, 2.05) is 0 Å². The van der Waals surface area contributed by atoms with Crippen LogP contribution in [-0.2, 0) is 14.3 Å². The molecule has 0 saturated carbocycles. The molecule has 130 valence electrons. The second-order valence-electron chi connectivity index (χ2n) is 5.02. The summed E-state index contributed by atoms with van der Waals surface area (Å²) < 4.78 is 9.91. The van der Waals surface area contributed by atoms with Crippen LogP contribution in [-0.4, -0.2) is 46.9 Å². The highest BCUT2D eigenvalue weighted by Gasteiger charge is 2.35. The van der Waals surface area contributed by atoms with Gasteiger partial charge in [-0.1, -0.05) is 36.4 Å². The SMILES string of the molecule is O=C(OC(CO)C(OC(=O)c1ccccc1)C(=O)O)c1ccccc1. The topological polar surface area (TPSA) is 110 Å². The number of ether oxygens (including phenoxy) is 2. The Bertz CT molecular complexity index is 728. The Hall–Kier alpha value is -3.19.